The Morgan fingerprint density at radius 1 is 0.762 bits per heavy atom. The molecule has 0 fully saturated rings. The van der Waals surface area contributed by atoms with Crippen molar-refractivity contribution in [1.29, 1.82) is 0 Å². The average Bonchev–Trinajstić information content (AvgIpc) is 2.24. The minimum absolute atomic E-state index is 0.172. The number of rotatable bonds is 11. The van der Waals surface area contributed by atoms with E-state index in [1.54, 1.807) is 6.92 Å². The van der Waals surface area contributed by atoms with Gasteiger partial charge in [0, 0.05) is 12.6 Å². The highest BCUT2D eigenvalue weighted by Crippen LogP contribution is 2.02. The lowest BCUT2D eigenvalue weighted by molar-refractivity contribution is -0.125. The largest absolute Gasteiger partial charge is 0.369 e. The number of nitrogens with zero attached hydrogens (tertiary/aromatic N) is 2. The van der Waals surface area contributed by atoms with E-state index in [2.05, 4.69) is 0 Å². The van der Waals surface area contributed by atoms with E-state index in [0.29, 0.717) is 0 Å². The van der Waals surface area contributed by atoms with Crippen LogP contribution in [0, 0.1) is 0 Å². The lowest BCUT2D eigenvalue weighted by Crippen LogP contribution is -2.51. The molecule has 1 atom stereocenters. The molecule has 0 saturated heterocycles. The van der Waals surface area contributed by atoms with Gasteiger partial charge in [-0.2, -0.15) is 0 Å². The Bertz CT molecular complexity index is 382. The first-order valence-corrected chi connectivity index (χ1v) is 6.21. The first-order valence-electron chi connectivity index (χ1n) is 6.21. The van der Waals surface area contributed by atoms with Gasteiger partial charge in [0.25, 0.3) is 0 Å². The molecule has 4 amide bonds. The molecule has 0 rings (SSSR count). The maximum absolute atomic E-state index is 11.0. The fourth-order valence-corrected chi connectivity index (χ4v) is 1.88. The van der Waals surface area contributed by atoms with Gasteiger partial charge in [0.15, 0.2) is 0 Å². The minimum atomic E-state index is -0.626. The smallest absolute Gasteiger partial charge is 0.231 e. The second-order valence-electron chi connectivity index (χ2n) is 4.79. The number of hydrogen-bond donors (Lipinski definition) is 4. The summed E-state index contributed by atoms with van der Waals surface area (Å²) < 4.78 is 0. The molecular weight excluding hydrogens is 280 g/mol. The SMILES string of the molecule is CC(CN(CC(N)=O)CC(N)=O)N(CC(N)=O)CC(N)=O. The fourth-order valence-electron chi connectivity index (χ4n) is 1.88. The van der Waals surface area contributed by atoms with Crippen LogP contribution in [0.25, 0.3) is 0 Å². The van der Waals surface area contributed by atoms with Gasteiger partial charge in [-0.05, 0) is 6.92 Å². The van der Waals surface area contributed by atoms with Crippen LogP contribution in [0.1, 0.15) is 6.92 Å². The molecule has 0 aliphatic rings. The Morgan fingerprint density at radius 2 is 1.10 bits per heavy atom. The van der Waals surface area contributed by atoms with Crippen LogP contribution in [-0.2, 0) is 19.2 Å². The molecule has 0 spiro atoms. The van der Waals surface area contributed by atoms with E-state index in [-0.39, 0.29) is 38.8 Å². The van der Waals surface area contributed by atoms with Gasteiger partial charge < -0.3 is 22.9 Å². The summed E-state index contributed by atoms with van der Waals surface area (Å²) in [5.74, 6) is -2.50. The van der Waals surface area contributed by atoms with Crippen molar-refractivity contribution < 1.29 is 19.2 Å². The van der Waals surface area contributed by atoms with Crippen LogP contribution < -0.4 is 22.9 Å². The van der Waals surface area contributed by atoms with Crippen molar-refractivity contribution in [3.63, 3.8) is 0 Å². The van der Waals surface area contributed by atoms with Gasteiger partial charge in [0.2, 0.25) is 23.6 Å². The normalized spacial score (nSPS) is 12.3. The summed E-state index contributed by atoms with van der Waals surface area (Å²) in [5.41, 5.74) is 20.4. The van der Waals surface area contributed by atoms with Crippen molar-refractivity contribution in [2.45, 2.75) is 13.0 Å². The van der Waals surface area contributed by atoms with Crippen molar-refractivity contribution in [2.24, 2.45) is 22.9 Å². The molecule has 120 valence electrons. The standard InChI is InChI=1S/C11H22N6O4/c1-7(17(5-10(14)20)6-11(15)21)2-16(3-8(12)18)4-9(13)19/h7H,2-6H2,1H3,(H2,12,18)(H2,13,19)(H2,14,20)(H2,15,21). The molecule has 0 aromatic heterocycles. The number of hydrogen-bond acceptors (Lipinski definition) is 6. The molecule has 0 heterocycles. The van der Waals surface area contributed by atoms with Gasteiger partial charge in [0.05, 0.1) is 26.2 Å². The first kappa shape index (κ1) is 18.8. The molecule has 0 aliphatic heterocycles. The lowest BCUT2D eigenvalue weighted by Gasteiger charge is -2.31. The molecule has 0 radical (unpaired) electrons. The Labute approximate surface area is 122 Å². The summed E-state index contributed by atoms with van der Waals surface area (Å²) in [6.45, 7) is 1.19. The van der Waals surface area contributed by atoms with Crippen LogP contribution in [0.2, 0.25) is 0 Å². The molecule has 21 heavy (non-hydrogen) atoms. The average molecular weight is 302 g/mol. The zero-order chi connectivity index (χ0) is 16.6. The monoisotopic (exact) mass is 302 g/mol. The third-order valence-corrected chi connectivity index (χ3v) is 2.62. The second-order valence-corrected chi connectivity index (χ2v) is 4.79. The van der Waals surface area contributed by atoms with Crippen molar-refractivity contribution in [2.75, 3.05) is 32.7 Å². The van der Waals surface area contributed by atoms with E-state index in [1.165, 1.54) is 9.80 Å². The highest BCUT2D eigenvalue weighted by Gasteiger charge is 2.22. The minimum Gasteiger partial charge on any atom is -0.369 e. The van der Waals surface area contributed by atoms with Crippen LogP contribution in [-0.4, -0.2) is 72.2 Å². The number of nitrogens with two attached hydrogens (primary N) is 4. The molecule has 0 aliphatic carbocycles. The maximum atomic E-state index is 11.0. The summed E-state index contributed by atoms with van der Waals surface area (Å²) in [4.78, 5) is 46.8. The number of amides is 4. The molecule has 8 N–H and O–H groups in total. The molecular formula is C11H22N6O4. The Kier molecular flexibility index (Phi) is 7.94. The molecule has 0 aromatic rings. The van der Waals surface area contributed by atoms with Crippen LogP contribution in [0.3, 0.4) is 0 Å². The van der Waals surface area contributed by atoms with E-state index < -0.39 is 23.6 Å². The summed E-state index contributed by atoms with van der Waals surface area (Å²) in [5, 5.41) is 0. The third kappa shape index (κ3) is 9.35. The fraction of sp³-hybridized carbons (Fsp3) is 0.636. The number of carbonyl (C=O) groups excluding carboxylic acids is 4. The predicted molar refractivity (Wildman–Crippen MR) is 74.3 cm³/mol. The maximum Gasteiger partial charge on any atom is 0.231 e. The van der Waals surface area contributed by atoms with Crippen molar-refractivity contribution in [1.82, 2.24) is 9.80 Å². The quantitative estimate of drug-likeness (QED) is 0.301. The van der Waals surface area contributed by atoms with E-state index in [1.807, 2.05) is 0 Å². The second kappa shape index (κ2) is 8.87. The van der Waals surface area contributed by atoms with E-state index in [0.717, 1.165) is 0 Å². The summed E-state index contributed by atoms with van der Waals surface area (Å²) in [6, 6.07) is -0.372. The molecule has 1 unspecified atom stereocenters. The number of primary amides is 4. The van der Waals surface area contributed by atoms with Crippen molar-refractivity contribution in [3.05, 3.63) is 0 Å². The Hall–Kier alpha value is -2.20. The van der Waals surface area contributed by atoms with Crippen molar-refractivity contribution >= 4 is 23.6 Å². The third-order valence-electron chi connectivity index (χ3n) is 2.62. The van der Waals surface area contributed by atoms with Gasteiger partial charge in [-0.3, -0.25) is 29.0 Å². The van der Waals surface area contributed by atoms with Crippen molar-refractivity contribution in [3.8, 4) is 0 Å². The van der Waals surface area contributed by atoms with Gasteiger partial charge >= 0.3 is 0 Å². The molecule has 0 saturated carbocycles. The topological polar surface area (TPSA) is 179 Å². The lowest BCUT2D eigenvalue weighted by atomic mass is 10.2. The highest BCUT2D eigenvalue weighted by atomic mass is 16.2. The van der Waals surface area contributed by atoms with E-state index in [9.17, 15) is 19.2 Å². The van der Waals surface area contributed by atoms with Crippen LogP contribution >= 0.6 is 0 Å². The van der Waals surface area contributed by atoms with Gasteiger partial charge in [-0.1, -0.05) is 0 Å². The van der Waals surface area contributed by atoms with Gasteiger partial charge in [-0.15, -0.1) is 0 Å². The summed E-state index contributed by atoms with van der Waals surface area (Å²) in [7, 11) is 0. The molecule has 0 aromatic carbocycles. The van der Waals surface area contributed by atoms with Gasteiger partial charge in [0.1, 0.15) is 0 Å². The number of carbonyl (C=O) groups is 4. The zero-order valence-electron chi connectivity index (χ0n) is 11.9. The summed E-state index contributed by atoms with van der Waals surface area (Å²) in [6.07, 6.45) is 0. The van der Waals surface area contributed by atoms with E-state index >= 15 is 0 Å². The predicted octanol–water partition coefficient (Wildman–Crippen LogP) is -4.08. The highest BCUT2D eigenvalue weighted by molar-refractivity contribution is 5.80. The Balaban J connectivity index is 4.81. The Morgan fingerprint density at radius 3 is 1.38 bits per heavy atom. The van der Waals surface area contributed by atoms with Gasteiger partial charge in [-0.25, -0.2) is 0 Å². The van der Waals surface area contributed by atoms with Crippen LogP contribution in [0.5, 0.6) is 0 Å². The molecule has 10 heteroatoms. The van der Waals surface area contributed by atoms with E-state index in [4.69, 9.17) is 22.9 Å². The summed E-state index contributed by atoms with van der Waals surface area (Å²) >= 11 is 0. The molecule has 10 nitrogen and oxygen atoms in total. The van der Waals surface area contributed by atoms with Crippen LogP contribution in [0.15, 0.2) is 0 Å². The zero-order valence-corrected chi connectivity index (χ0v) is 11.9. The van der Waals surface area contributed by atoms with Crippen LogP contribution in [0.4, 0.5) is 0 Å². The first-order chi connectivity index (χ1) is 9.61. The molecule has 0 bridgehead atoms.